The Morgan fingerprint density at radius 3 is 2.43 bits per heavy atom. The van der Waals surface area contributed by atoms with E-state index in [0.29, 0.717) is 0 Å². The predicted octanol–water partition coefficient (Wildman–Crippen LogP) is 3.17. The fraction of sp³-hybridized carbons (Fsp3) is 0.267. The number of aromatic nitrogens is 2. The number of anilines is 2. The van der Waals surface area contributed by atoms with E-state index in [1.54, 1.807) is 0 Å². The Morgan fingerprint density at radius 1 is 1.09 bits per heavy atom. The normalized spacial score (nSPS) is 11.2. The lowest BCUT2D eigenvalue weighted by molar-refractivity contribution is 0.0914. The van der Waals surface area contributed by atoms with E-state index in [2.05, 4.69) is 20.6 Å². The third kappa shape index (κ3) is 4.18. The summed E-state index contributed by atoms with van der Waals surface area (Å²) >= 11 is 0. The molecule has 5 nitrogen and oxygen atoms in total. The van der Waals surface area contributed by atoms with E-state index in [0.717, 1.165) is 12.1 Å². The molecule has 1 amide bonds. The Bertz CT molecular complexity index is 744. The summed E-state index contributed by atoms with van der Waals surface area (Å²) in [5.74, 6) is -4.84. The molecular formula is C15H15F3N4O. The van der Waals surface area contributed by atoms with E-state index >= 15 is 0 Å². The second kappa shape index (κ2) is 6.23. The van der Waals surface area contributed by atoms with Gasteiger partial charge in [0.15, 0.2) is 17.5 Å². The van der Waals surface area contributed by atoms with Crippen molar-refractivity contribution in [2.75, 3.05) is 5.32 Å². The van der Waals surface area contributed by atoms with Gasteiger partial charge in [-0.1, -0.05) is 0 Å². The summed E-state index contributed by atoms with van der Waals surface area (Å²) in [7, 11) is 0. The maximum Gasteiger partial charge on any atom is 0.270 e. The molecule has 0 spiro atoms. The van der Waals surface area contributed by atoms with Gasteiger partial charge in [0, 0.05) is 11.7 Å². The van der Waals surface area contributed by atoms with Gasteiger partial charge in [0.25, 0.3) is 5.91 Å². The van der Waals surface area contributed by atoms with Crippen LogP contribution in [0.3, 0.4) is 0 Å². The zero-order valence-electron chi connectivity index (χ0n) is 12.7. The zero-order chi connectivity index (χ0) is 17.2. The second-order valence-corrected chi connectivity index (χ2v) is 5.82. The molecule has 2 N–H and O–H groups in total. The minimum atomic E-state index is -1.60. The Kier molecular flexibility index (Phi) is 4.53. The number of hydrogen-bond donors (Lipinski definition) is 2. The molecule has 0 radical (unpaired) electrons. The summed E-state index contributed by atoms with van der Waals surface area (Å²) in [4.78, 5) is 19.8. The highest BCUT2D eigenvalue weighted by Gasteiger charge is 2.18. The highest BCUT2D eigenvalue weighted by atomic mass is 19.2. The van der Waals surface area contributed by atoms with E-state index in [1.165, 1.54) is 12.3 Å². The van der Waals surface area contributed by atoms with E-state index in [4.69, 9.17) is 0 Å². The van der Waals surface area contributed by atoms with Crippen LogP contribution in [0.15, 0.2) is 24.4 Å². The van der Waals surface area contributed by atoms with Crippen molar-refractivity contribution in [2.45, 2.75) is 26.3 Å². The van der Waals surface area contributed by atoms with Crippen LogP contribution < -0.4 is 10.6 Å². The van der Waals surface area contributed by atoms with Gasteiger partial charge >= 0.3 is 0 Å². The zero-order valence-corrected chi connectivity index (χ0v) is 12.7. The first-order valence-corrected chi connectivity index (χ1v) is 6.73. The van der Waals surface area contributed by atoms with Crippen molar-refractivity contribution < 1.29 is 18.0 Å². The molecule has 0 atom stereocenters. The summed E-state index contributed by atoms with van der Waals surface area (Å²) in [6, 6.07) is 3.17. The SMILES string of the molecule is CC(C)(C)NC(=O)c1ccnc(Nc2ccc(F)c(F)c2F)n1. The van der Waals surface area contributed by atoms with E-state index < -0.39 is 28.9 Å². The molecule has 122 valence electrons. The van der Waals surface area contributed by atoms with Crippen LogP contribution in [-0.4, -0.2) is 21.4 Å². The van der Waals surface area contributed by atoms with E-state index in [1.807, 2.05) is 20.8 Å². The minimum Gasteiger partial charge on any atom is -0.346 e. The quantitative estimate of drug-likeness (QED) is 0.851. The third-order valence-corrected chi connectivity index (χ3v) is 2.66. The molecule has 0 unspecified atom stereocenters. The van der Waals surface area contributed by atoms with Crippen molar-refractivity contribution in [1.29, 1.82) is 0 Å². The maximum atomic E-state index is 13.6. The lowest BCUT2D eigenvalue weighted by Crippen LogP contribution is -2.41. The summed E-state index contributed by atoms with van der Waals surface area (Å²) in [5.41, 5.74) is -0.736. The Balaban J connectivity index is 2.24. The monoisotopic (exact) mass is 324 g/mol. The van der Waals surface area contributed by atoms with Crippen molar-refractivity contribution in [2.24, 2.45) is 0 Å². The third-order valence-electron chi connectivity index (χ3n) is 2.66. The van der Waals surface area contributed by atoms with E-state index in [-0.39, 0.29) is 17.3 Å². The van der Waals surface area contributed by atoms with Gasteiger partial charge in [-0.3, -0.25) is 4.79 Å². The number of nitrogens with zero attached hydrogens (tertiary/aromatic N) is 2. The molecule has 0 aliphatic carbocycles. The van der Waals surface area contributed by atoms with Gasteiger partial charge in [-0.2, -0.15) is 0 Å². The molecule has 1 aromatic heterocycles. The number of carbonyl (C=O) groups excluding carboxylic acids is 1. The van der Waals surface area contributed by atoms with Gasteiger partial charge in [0.2, 0.25) is 5.95 Å². The van der Waals surface area contributed by atoms with Crippen LogP contribution in [0.25, 0.3) is 0 Å². The fourth-order valence-electron chi connectivity index (χ4n) is 1.69. The van der Waals surface area contributed by atoms with Gasteiger partial charge in [-0.25, -0.2) is 23.1 Å². The molecule has 0 bridgehead atoms. The summed E-state index contributed by atoms with van der Waals surface area (Å²) in [6.45, 7) is 5.42. The van der Waals surface area contributed by atoms with Crippen LogP contribution in [0.1, 0.15) is 31.3 Å². The van der Waals surface area contributed by atoms with Crippen molar-refractivity contribution in [3.63, 3.8) is 0 Å². The molecule has 2 aromatic rings. The van der Waals surface area contributed by atoms with Crippen LogP contribution in [-0.2, 0) is 0 Å². The molecule has 0 saturated heterocycles. The fourth-order valence-corrected chi connectivity index (χ4v) is 1.69. The molecular weight excluding hydrogens is 309 g/mol. The average molecular weight is 324 g/mol. The first-order valence-electron chi connectivity index (χ1n) is 6.73. The number of hydrogen-bond acceptors (Lipinski definition) is 4. The van der Waals surface area contributed by atoms with Crippen molar-refractivity contribution >= 4 is 17.5 Å². The van der Waals surface area contributed by atoms with Gasteiger partial charge in [0.05, 0.1) is 5.69 Å². The lowest BCUT2D eigenvalue weighted by Gasteiger charge is -2.20. The Morgan fingerprint density at radius 2 is 1.78 bits per heavy atom. The lowest BCUT2D eigenvalue weighted by atomic mass is 10.1. The standard InChI is InChI=1S/C15H15F3N4O/c1-15(2,3)22-13(23)10-6-7-19-14(21-10)20-9-5-4-8(16)11(17)12(9)18/h4-7H,1-3H3,(H,22,23)(H,19,20,21). The van der Waals surface area contributed by atoms with Crippen molar-refractivity contribution in [3.05, 3.63) is 47.5 Å². The average Bonchev–Trinajstić information content (AvgIpc) is 2.46. The Hall–Kier alpha value is -2.64. The number of benzene rings is 1. The van der Waals surface area contributed by atoms with E-state index in [9.17, 15) is 18.0 Å². The predicted molar refractivity (Wildman–Crippen MR) is 78.8 cm³/mol. The summed E-state index contributed by atoms with van der Waals surface area (Å²) in [5, 5.41) is 5.13. The number of amides is 1. The second-order valence-electron chi connectivity index (χ2n) is 5.82. The number of nitrogens with one attached hydrogen (secondary N) is 2. The topological polar surface area (TPSA) is 66.9 Å². The molecule has 0 fully saturated rings. The van der Waals surface area contributed by atoms with Gasteiger partial charge in [-0.15, -0.1) is 0 Å². The maximum absolute atomic E-state index is 13.6. The van der Waals surface area contributed by atoms with Gasteiger partial charge < -0.3 is 10.6 Å². The van der Waals surface area contributed by atoms with Crippen LogP contribution in [0.4, 0.5) is 24.8 Å². The minimum absolute atomic E-state index is 0.0559. The number of halogens is 3. The smallest absolute Gasteiger partial charge is 0.270 e. The van der Waals surface area contributed by atoms with Gasteiger partial charge in [-0.05, 0) is 39.0 Å². The molecule has 0 aliphatic rings. The molecule has 1 aromatic carbocycles. The summed E-state index contributed by atoms with van der Waals surface area (Å²) in [6.07, 6.45) is 1.30. The number of carbonyl (C=O) groups is 1. The molecule has 8 heteroatoms. The van der Waals surface area contributed by atoms with Crippen LogP contribution in [0, 0.1) is 17.5 Å². The van der Waals surface area contributed by atoms with Crippen molar-refractivity contribution in [1.82, 2.24) is 15.3 Å². The highest BCUT2D eigenvalue weighted by Crippen LogP contribution is 2.22. The number of rotatable bonds is 3. The molecule has 1 heterocycles. The van der Waals surface area contributed by atoms with Crippen LogP contribution >= 0.6 is 0 Å². The molecule has 0 saturated carbocycles. The largest absolute Gasteiger partial charge is 0.346 e. The molecule has 2 rings (SSSR count). The van der Waals surface area contributed by atoms with Crippen LogP contribution in [0.5, 0.6) is 0 Å². The highest BCUT2D eigenvalue weighted by molar-refractivity contribution is 5.92. The first-order chi connectivity index (χ1) is 10.7. The van der Waals surface area contributed by atoms with Gasteiger partial charge in [0.1, 0.15) is 5.69 Å². The molecule has 23 heavy (non-hydrogen) atoms. The summed E-state index contributed by atoms with van der Waals surface area (Å²) < 4.78 is 39.7. The molecule has 0 aliphatic heterocycles. The van der Waals surface area contributed by atoms with Crippen LogP contribution in [0.2, 0.25) is 0 Å². The Labute approximate surface area is 131 Å². The first kappa shape index (κ1) is 16.7. The van der Waals surface area contributed by atoms with Crippen molar-refractivity contribution in [3.8, 4) is 0 Å².